The summed E-state index contributed by atoms with van der Waals surface area (Å²) in [5.74, 6) is 0.827. The lowest BCUT2D eigenvalue weighted by atomic mass is 9.97. The Balaban J connectivity index is 1.86. The summed E-state index contributed by atoms with van der Waals surface area (Å²) in [4.78, 5) is 10.6. The molecule has 1 atom stereocenters. The Bertz CT molecular complexity index is 670. The molecule has 1 aromatic rings. The van der Waals surface area contributed by atoms with Crippen LogP contribution in [0.25, 0.3) is 0 Å². The van der Waals surface area contributed by atoms with Crippen molar-refractivity contribution in [3.05, 3.63) is 18.2 Å². The average Bonchev–Trinajstić information content (AvgIpc) is 3.12. The van der Waals surface area contributed by atoms with Crippen LogP contribution in [-0.2, 0) is 12.6 Å². The number of halogens is 3. The van der Waals surface area contributed by atoms with Crippen molar-refractivity contribution >= 4 is 5.96 Å². The van der Waals surface area contributed by atoms with Crippen molar-refractivity contribution < 1.29 is 18.3 Å². The maximum atomic E-state index is 13.6. The van der Waals surface area contributed by atoms with Gasteiger partial charge in [0.1, 0.15) is 5.82 Å². The van der Waals surface area contributed by atoms with E-state index >= 15 is 0 Å². The van der Waals surface area contributed by atoms with Gasteiger partial charge in [-0.05, 0) is 51.7 Å². The second kappa shape index (κ2) is 11.0. The van der Waals surface area contributed by atoms with Gasteiger partial charge in [-0.25, -0.2) is 4.98 Å². The van der Waals surface area contributed by atoms with Crippen molar-refractivity contribution in [2.24, 2.45) is 18.0 Å². The third-order valence-electron chi connectivity index (χ3n) is 5.56. The molecule has 7 nitrogen and oxygen atoms in total. The molecule has 2 heterocycles. The number of hydrogen-bond acceptors (Lipinski definition) is 4. The number of alkyl halides is 3. The molecule has 1 saturated heterocycles. The number of rotatable bonds is 9. The topological polar surface area (TPSA) is 77.7 Å². The normalized spacial score (nSPS) is 19.0. The lowest BCUT2D eigenvalue weighted by Crippen LogP contribution is -2.48. The molecule has 2 rings (SSSR count). The number of nitrogens with zero attached hydrogens (tertiary/aromatic N) is 4. The highest BCUT2D eigenvalue weighted by Crippen LogP contribution is 2.40. The molecule has 0 spiro atoms. The van der Waals surface area contributed by atoms with Gasteiger partial charge >= 0.3 is 6.18 Å². The Hall–Kier alpha value is -1.81. The van der Waals surface area contributed by atoms with E-state index in [2.05, 4.69) is 32.4 Å². The molecule has 172 valence electrons. The van der Waals surface area contributed by atoms with E-state index in [-0.39, 0.29) is 6.54 Å². The highest BCUT2D eigenvalue weighted by Gasteiger charge is 2.57. The summed E-state index contributed by atoms with van der Waals surface area (Å²) in [5, 5.41) is 16.3. The van der Waals surface area contributed by atoms with Crippen LogP contribution < -0.4 is 10.6 Å². The van der Waals surface area contributed by atoms with Crippen molar-refractivity contribution in [2.45, 2.75) is 51.3 Å². The van der Waals surface area contributed by atoms with Gasteiger partial charge in [0.15, 0.2) is 5.96 Å². The van der Waals surface area contributed by atoms with Gasteiger partial charge in [0.05, 0.1) is 0 Å². The molecule has 10 heteroatoms. The number of piperidine rings is 1. The lowest BCUT2D eigenvalue weighted by Gasteiger charge is -2.30. The standard InChI is InChI=1S/C20H35F3N6O/c1-4-24-18(26-9-5-12-29-13-6-16(2)7-14-29)27-10-8-19(30,20(21,22)23)17-25-11-15-28(17)3/h11,15-16,30H,4-10,12-14H2,1-3H3,(H2,24,26,27). The van der Waals surface area contributed by atoms with Crippen molar-refractivity contribution in [3.63, 3.8) is 0 Å². The maximum absolute atomic E-state index is 13.6. The smallest absolute Gasteiger partial charge is 0.374 e. The zero-order valence-corrected chi connectivity index (χ0v) is 18.2. The third-order valence-corrected chi connectivity index (χ3v) is 5.56. The van der Waals surface area contributed by atoms with Gasteiger partial charge in [-0.15, -0.1) is 0 Å². The van der Waals surface area contributed by atoms with Crippen molar-refractivity contribution in [2.75, 3.05) is 39.3 Å². The molecule has 1 aliphatic heterocycles. The summed E-state index contributed by atoms with van der Waals surface area (Å²) in [7, 11) is 1.43. The number of aliphatic hydroxyl groups is 1. The van der Waals surface area contributed by atoms with E-state index in [1.54, 1.807) is 0 Å². The molecular formula is C20H35F3N6O. The molecule has 1 aliphatic rings. The van der Waals surface area contributed by atoms with Crippen LogP contribution in [0.4, 0.5) is 13.2 Å². The van der Waals surface area contributed by atoms with Crippen LogP contribution in [0.2, 0.25) is 0 Å². The fraction of sp³-hybridized carbons (Fsp3) is 0.800. The summed E-state index contributed by atoms with van der Waals surface area (Å²) in [6.07, 6.45) is 0.566. The monoisotopic (exact) mass is 432 g/mol. The number of guanidine groups is 1. The predicted molar refractivity (Wildman–Crippen MR) is 111 cm³/mol. The summed E-state index contributed by atoms with van der Waals surface area (Å²) >= 11 is 0. The zero-order valence-electron chi connectivity index (χ0n) is 18.2. The minimum Gasteiger partial charge on any atom is -0.374 e. The third kappa shape index (κ3) is 6.60. The van der Waals surface area contributed by atoms with Crippen molar-refractivity contribution in [1.82, 2.24) is 25.1 Å². The summed E-state index contributed by atoms with van der Waals surface area (Å²) in [6, 6.07) is 0. The zero-order chi connectivity index (χ0) is 22.2. The Morgan fingerprint density at radius 1 is 1.30 bits per heavy atom. The molecule has 0 aliphatic carbocycles. The van der Waals surface area contributed by atoms with Crippen LogP contribution in [0.1, 0.15) is 45.4 Å². The second-order valence-electron chi connectivity index (χ2n) is 8.03. The van der Waals surface area contributed by atoms with E-state index in [1.165, 1.54) is 36.9 Å². The first-order valence-corrected chi connectivity index (χ1v) is 10.7. The van der Waals surface area contributed by atoms with Crippen LogP contribution in [0, 0.1) is 5.92 Å². The molecule has 3 N–H and O–H groups in total. The van der Waals surface area contributed by atoms with E-state index in [0.717, 1.165) is 32.0 Å². The lowest BCUT2D eigenvalue weighted by molar-refractivity contribution is -0.272. The first-order chi connectivity index (χ1) is 14.2. The van der Waals surface area contributed by atoms with E-state index in [9.17, 15) is 18.3 Å². The maximum Gasteiger partial charge on any atom is 0.424 e. The van der Waals surface area contributed by atoms with Gasteiger partial charge in [-0.1, -0.05) is 6.92 Å². The molecule has 1 unspecified atom stereocenters. The Morgan fingerprint density at radius 2 is 2.00 bits per heavy atom. The Labute approximate surface area is 176 Å². The molecule has 0 radical (unpaired) electrons. The summed E-state index contributed by atoms with van der Waals surface area (Å²) in [6.45, 7) is 8.47. The van der Waals surface area contributed by atoms with Crippen LogP contribution in [-0.4, -0.2) is 71.0 Å². The minimum atomic E-state index is -4.84. The second-order valence-corrected chi connectivity index (χ2v) is 8.03. The average molecular weight is 433 g/mol. The van der Waals surface area contributed by atoms with Crippen LogP contribution in [0.15, 0.2) is 17.4 Å². The molecule has 1 fully saturated rings. The number of hydrogen-bond donors (Lipinski definition) is 3. The first kappa shape index (κ1) is 24.5. The highest BCUT2D eigenvalue weighted by atomic mass is 19.4. The minimum absolute atomic E-state index is 0.0985. The summed E-state index contributed by atoms with van der Waals surface area (Å²) in [5.41, 5.74) is -3.03. The number of imidazole rings is 1. The van der Waals surface area contributed by atoms with Crippen molar-refractivity contribution in [3.8, 4) is 0 Å². The van der Waals surface area contributed by atoms with Gasteiger partial charge in [-0.3, -0.25) is 4.99 Å². The fourth-order valence-corrected chi connectivity index (χ4v) is 3.62. The van der Waals surface area contributed by atoms with E-state index in [4.69, 9.17) is 0 Å². The van der Waals surface area contributed by atoms with Crippen molar-refractivity contribution in [1.29, 1.82) is 0 Å². The molecular weight excluding hydrogens is 397 g/mol. The molecule has 1 aromatic heterocycles. The SMILES string of the molecule is CCNC(=NCCCN1CCC(C)CC1)NCCC(O)(c1nccn1C)C(F)(F)F. The van der Waals surface area contributed by atoms with Gasteiger partial charge < -0.3 is 25.2 Å². The van der Waals surface area contributed by atoms with Gasteiger partial charge in [0.25, 0.3) is 0 Å². The van der Waals surface area contributed by atoms with E-state index in [1.807, 2.05) is 6.92 Å². The molecule has 0 saturated carbocycles. The molecule has 30 heavy (non-hydrogen) atoms. The molecule has 0 bridgehead atoms. The number of aromatic nitrogens is 2. The highest BCUT2D eigenvalue weighted by molar-refractivity contribution is 5.79. The number of likely N-dealkylation sites (tertiary alicyclic amines) is 1. The first-order valence-electron chi connectivity index (χ1n) is 10.7. The summed E-state index contributed by atoms with van der Waals surface area (Å²) < 4.78 is 42.0. The van der Waals surface area contributed by atoms with Crippen LogP contribution in [0.3, 0.4) is 0 Å². The number of aliphatic imine (C=N–C) groups is 1. The van der Waals surface area contributed by atoms with E-state index in [0.29, 0.717) is 19.0 Å². The van der Waals surface area contributed by atoms with Gasteiger partial charge in [0.2, 0.25) is 5.60 Å². The van der Waals surface area contributed by atoms with E-state index < -0.39 is 24.0 Å². The number of nitrogens with one attached hydrogen (secondary N) is 2. The molecule has 0 aromatic carbocycles. The largest absolute Gasteiger partial charge is 0.424 e. The number of aryl methyl sites for hydroxylation is 1. The quantitative estimate of drug-likeness (QED) is 0.317. The van der Waals surface area contributed by atoms with Crippen LogP contribution in [0.5, 0.6) is 0 Å². The van der Waals surface area contributed by atoms with Gasteiger partial charge in [-0.2, -0.15) is 13.2 Å². The Kier molecular flexibility index (Phi) is 8.96. The fourth-order valence-electron chi connectivity index (χ4n) is 3.62. The van der Waals surface area contributed by atoms with Gasteiger partial charge in [0, 0.05) is 45.5 Å². The van der Waals surface area contributed by atoms with Crippen LogP contribution >= 0.6 is 0 Å². The predicted octanol–water partition coefficient (Wildman–Crippen LogP) is 2.24. The Morgan fingerprint density at radius 3 is 2.57 bits per heavy atom. The molecule has 0 amide bonds.